The zero-order chi connectivity index (χ0) is 19.5. The molecule has 2 aromatic rings. The third-order valence-electron chi connectivity index (χ3n) is 4.48. The molecule has 0 spiro atoms. The van der Waals surface area contributed by atoms with Crippen LogP contribution in [0.25, 0.3) is 0 Å². The average molecular weight is 370 g/mol. The lowest BCUT2D eigenvalue weighted by atomic mass is 10.1. The molecule has 0 saturated heterocycles. The summed E-state index contributed by atoms with van der Waals surface area (Å²) in [7, 11) is 1.67. The minimum Gasteiger partial charge on any atom is -0.496 e. The molecule has 4 heteroatoms. The Morgan fingerprint density at radius 3 is 2.63 bits per heavy atom. The van der Waals surface area contributed by atoms with Gasteiger partial charge in [0.1, 0.15) is 11.5 Å². The summed E-state index contributed by atoms with van der Waals surface area (Å²) in [5, 5.41) is 3.02. The first-order valence-corrected chi connectivity index (χ1v) is 9.75. The van der Waals surface area contributed by atoms with E-state index in [1.165, 1.54) is 5.56 Å². The molecule has 2 rings (SSSR count). The van der Waals surface area contributed by atoms with E-state index >= 15 is 0 Å². The van der Waals surface area contributed by atoms with Crippen LogP contribution in [0.2, 0.25) is 0 Å². The van der Waals surface area contributed by atoms with Crippen LogP contribution in [0.15, 0.2) is 42.5 Å². The van der Waals surface area contributed by atoms with Crippen molar-refractivity contribution >= 4 is 5.91 Å². The SMILES string of the molecule is CCCOc1ccccc1CCCNC(=O)CCc1ccc(OC)c(C)c1. The molecule has 2 aromatic carbocycles. The van der Waals surface area contributed by atoms with E-state index in [1.54, 1.807) is 7.11 Å². The van der Waals surface area contributed by atoms with E-state index in [9.17, 15) is 4.79 Å². The fourth-order valence-electron chi connectivity index (χ4n) is 3.01. The van der Waals surface area contributed by atoms with Gasteiger partial charge in [-0.1, -0.05) is 37.3 Å². The molecule has 0 radical (unpaired) electrons. The van der Waals surface area contributed by atoms with Crippen LogP contribution >= 0.6 is 0 Å². The molecule has 0 atom stereocenters. The van der Waals surface area contributed by atoms with E-state index in [0.717, 1.165) is 54.9 Å². The molecule has 0 aliphatic carbocycles. The number of hydrogen-bond acceptors (Lipinski definition) is 3. The highest BCUT2D eigenvalue weighted by atomic mass is 16.5. The number of hydrogen-bond donors (Lipinski definition) is 1. The van der Waals surface area contributed by atoms with Gasteiger partial charge in [-0.25, -0.2) is 0 Å². The van der Waals surface area contributed by atoms with E-state index in [1.807, 2.05) is 37.3 Å². The summed E-state index contributed by atoms with van der Waals surface area (Å²) >= 11 is 0. The maximum atomic E-state index is 12.1. The van der Waals surface area contributed by atoms with Gasteiger partial charge >= 0.3 is 0 Å². The predicted molar refractivity (Wildman–Crippen MR) is 110 cm³/mol. The maximum Gasteiger partial charge on any atom is 0.220 e. The molecular weight excluding hydrogens is 338 g/mol. The lowest BCUT2D eigenvalue weighted by molar-refractivity contribution is -0.121. The lowest BCUT2D eigenvalue weighted by Gasteiger charge is -2.11. The Hall–Kier alpha value is -2.49. The van der Waals surface area contributed by atoms with Gasteiger partial charge in [0.15, 0.2) is 0 Å². The van der Waals surface area contributed by atoms with Crippen molar-refractivity contribution in [3.05, 3.63) is 59.2 Å². The summed E-state index contributed by atoms with van der Waals surface area (Å²) in [6.45, 7) is 5.54. The Morgan fingerprint density at radius 2 is 1.89 bits per heavy atom. The van der Waals surface area contributed by atoms with E-state index in [0.29, 0.717) is 13.0 Å². The van der Waals surface area contributed by atoms with Gasteiger partial charge in [-0.2, -0.15) is 0 Å². The highest BCUT2D eigenvalue weighted by molar-refractivity contribution is 5.76. The predicted octanol–water partition coefficient (Wildman–Crippen LogP) is 4.47. The summed E-state index contributed by atoms with van der Waals surface area (Å²) in [5.41, 5.74) is 3.46. The molecule has 0 aliphatic heterocycles. The van der Waals surface area contributed by atoms with Crippen molar-refractivity contribution in [2.75, 3.05) is 20.3 Å². The molecule has 1 amide bonds. The number of carbonyl (C=O) groups is 1. The molecule has 0 unspecified atom stereocenters. The first-order valence-electron chi connectivity index (χ1n) is 9.75. The number of nitrogens with one attached hydrogen (secondary N) is 1. The summed E-state index contributed by atoms with van der Waals surface area (Å²) in [6.07, 6.45) is 4.04. The fraction of sp³-hybridized carbons (Fsp3) is 0.435. The van der Waals surface area contributed by atoms with Crippen molar-refractivity contribution in [1.82, 2.24) is 5.32 Å². The van der Waals surface area contributed by atoms with Gasteiger partial charge < -0.3 is 14.8 Å². The fourth-order valence-corrected chi connectivity index (χ4v) is 3.01. The van der Waals surface area contributed by atoms with E-state index in [2.05, 4.69) is 24.4 Å². The molecule has 146 valence electrons. The first-order chi connectivity index (χ1) is 13.1. The van der Waals surface area contributed by atoms with Crippen molar-refractivity contribution in [2.24, 2.45) is 0 Å². The molecule has 27 heavy (non-hydrogen) atoms. The summed E-state index contributed by atoms with van der Waals surface area (Å²) in [4.78, 5) is 12.1. The zero-order valence-corrected chi connectivity index (χ0v) is 16.7. The molecule has 0 heterocycles. The number of amides is 1. The number of ether oxygens (including phenoxy) is 2. The van der Waals surface area contributed by atoms with Gasteiger partial charge in [0.25, 0.3) is 0 Å². The van der Waals surface area contributed by atoms with Crippen LogP contribution in [0.5, 0.6) is 11.5 Å². The number of methoxy groups -OCH3 is 1. The Morgan fingerprint density at radius 1 is 1.07 bits per heavy atom. The molecule has 4 nitrogen and oxygen atoms in total. The molecule has 0 fully saturated rings. The Labute approximate surface area is 162 Å². The highest BCUT2D eigenvalue weighted by Gasteiger charge is 2.06. The third-order valence-corrected chi connectivity index (χ3v) is 4.48. The Balaban J connectivity index is 1.70. The van der Waals surface area contributed by atoms with Crippen LogP contribution in [-0.2, 0) is 17.6 Å². The number of rotatable bonds is 11. The number of aryl methyl sites for hydroxylation is 3. The summed E-state index contributed by atoms with van der Waals surface area (Å²) < 4.78 is 11.1. The van der Waals surface area contributed by atoms with E-state index in [4.69, 9.17) is 9.47 Å². The van der Waals surface area contributed by atoms with Gasteiger partial charge in [-0.3, -0.25) is 4.79 Å². The smallest absolute Gasteiger partial charge is 0.220 e. The zero-order valence-electron chi connectivity index (χ0n) is 16.7. The van der Waals surface area contributed by atoms with Crippen LogP contribution in [0.1, 0.15) is 42.9 Å². The quantitative estimate of drug-likeness (QED) is 0.594. The van der Waals surface area contributed by atoms with Crippen LogP contribution in [-0.4, -0.2) is 26.2 Å². The molecule has 0 saturated carbocycles. The topological polar surface area (TPSA) is 47.6 Å². The van der Waals surface area contributed by atoms with Gasteiger partial charge in [0.2, 0.25) is 5.91 Å². The standard InChI is InChI=1S/C23H31NO3/c1-4-16-27-22-10-6-5-8-20(22)9-7-15-24-23(25)14-12-19-11-13-21(26-3)18(2)17-19/h5-6,8,10-11,13,17H,4,7,9,12,14-16H2,1-3H3,(H,24,25). The third kappa shape index (κ3) is 6.97. The summed E-state index contributed by atoms with van der Waals surface area (Å²) in [5.74, 6) is 1.94. The lowest BCUT2D eigenvalue weighted by Crippen LogP contribution is -2.25. The van der Waals surface area contributed by atoms with Gasteiger partial charge in [0.05, 0.1) is 13.7 Å². The highest BCUT2D eigenvalue weighted by Crippen LogP contribution is 2.20. The number of carbonyl (C=O) groups excluding carboxylic acids is 1. The van der Waals surface area contributed by atoms with Gasteiger partial charge in [0, 0.05) is 13.0 Å². The minimum atomic E-state index is 0.0963. The average Bonchev–Trinajstić information content (AvgIpc) is 2.69. The monoisotopic (exact) mass is 369 g/mol. The molecule has 1 N–H and O–H groups in total. The second-order valence-corrected chi connectivity index (χ2v) is 6.71. The maximum absolute atomic E-state index is 12.1. The van der Waals surface area contributed by atoms with Crippen molar-refractivity contribution in [3.8, 4) is 11.5 Å². The second kappa shape index (κ2) is 11.3. The second-order valence-electron chi connectivity index (χ2n) is 6.71. The van der Waals surface area contributed by atoms with Crippen LogP contribution in [0.4, 0.5) is 0 Å². The Bertz CT molecular complexity index is 727. The largest absolute Gasteiger partial charge is 0.496 e. The van der Waals surface area contributed by atoms with E-state index in [-0.39, 0.29) is 5.91 Å². The van der Waals surface area contributed by atoms with Crippen molar-refractivity contribution in [2.45, 2.75) is 46.0 Å². The Kier molecular flexibility index (Phi) is 8.69. The van der Waals surface area contributed by atoms with Crippen LogP contribution in [0.3, 0.4) is 0 Å². The van der Waals surface area contributed by atoms with Crippen LogP contribution in [0, 0.1) is 6.92 Å². The molecular formula is C23H31NO3. The van der Waals surface area contributed by atoms with Crippen molar-refractivity contribution in [3.63, 3.8) is 0 Å². The number of benzene rings is 2. The normalized spacial score (nSPS) is 10.5. The van der Waals surface area contributed by atoms with Gasteiger partial charge in [-0.15, -0.1) is 0 Å². The van der Waals surface area contributed by atoms with Crippen molar-refractivity contribution < 1.29 is 14.3 Å². The van der Waals surface area contributed by atoms with E-state index < -0.39 is 0 Å². The number of para-hydroxylation sites is 1. The molecule has 0 aromatic heterocycles. The van der Waals surface area contributed by atoms with Crippen molar-refractivity contribution in [1.29, 1.82) is 0 Å². The van der Waals surface area contributed by atoms with Crippen LogP contribution < -0.4 is 14.8 Å². The van der Waals surface area contributed by atoms with Gasteiger partial charge in [-0.05, 0) is 61.4 Å². The summed E-state index contributed by atoms with van der Waals surface area (Å²) in [6, 6.07) is 14.2. The molecule has 0 aliphatic rings. The molecule has 0 bridgehead atoms. The first kappa shape index (κ1) is 20.8. The minimum absolute atomic E-state index is 0.0963.